The van der Waals surface area contributed by atoms with Gasteiger partial charge in [0.15, 0.2) is 22.2 Å². The van der Waals surface area contributed by atoms with Crippen molar-refractivity contribution in [2.75, 3.05) is 19.0 Å². The van der Waals surface area contributed by atoms with Crippen molar-refractivity contribution in [3.63, 3.8) is 0 Å². The molecule has 1 aromatic carbocycles. The maximum absolute atomic E-state index is 5.69. The highest BCUT2D eigenvalue weighted by Gasteiger charge is 2.16. The maximum Gasteiger partial charge on any atom is 0.263 e. The second kappa shape index (κ2) is 6.01. The smallest absolute Gasteiger partial charge is 0.263 e. The summed E-state index contributed by atoms with van der Waals surface area (Å²) < 4.78 is 11.1. The number of ether oxygens (including phenoxy) is 1. The summed E-state index contributed by atoms with van der Waals surface area (Å²) >= 11 is 1.31. The number of hydrogen-bond acceptors (Lipinski definition) is 7. The summed E-state index contributed by atoms with van der Waals surface area (Å²) in [7, 11) is 1.59. The lowest BCUT2D eigenvalue weighted by Gasteiger charge is -2.10. The van der Waals surface area contributed by atoms with Crippen molar-refractivity contribution in [2.45, 2.75) is 17.2 Å². The van der Waals surface area contributed by atoms with Crippen LogP contribution in [0, 0.1) is 0 Å². The van der Waals surface area contributed by atoms with E-state index in [-0.39, 0.29) is 0 Å². The van der Waals surface area contributed by atoms with Crippen LogP contribution in [0.5, 0.6) is 5.75 Å². The topological polar surface area (TPSA) is 73.1 Å². The summed E-state index contributed by atoms with van der Waals surface area (Å²) in [6.45, 7) is 2.75. The quantitative estimate of drug-likeness (QED) is 0.725. The van der Waals surface area contributed by atoms with E-state index in [1.165, 1.54) is 18.1 Å². The third-order valence-electron chi connectivity index (χ3n) is 2.78. The fourth-order valence-corrected chi connectivity index (χ4v) is 2.70. The van der Waals surface area contributed by atoms with Crippen molar-refractivity contribution in [3.05, 3.63) is 30.6 Å². The highest BCUT2D eigenvalue weighted by molar-refractivity contribution is 7.99. The minimum Gasteiger partial charge on any atom is -0.490 e. The lowest BCUT2D eigenvalue weighted by Crippen LogP contribution is -2.03. The predicted molar refractivity (Wildman–Crippen MR) is 80.9 cm³/mol. The van der Waals surface area contributed by atoms with E-state index in [0.717, 1.165) is 17.6 Å². The first kappa shape index (κ1) is 13.7. The van der Waals surface area contributed by atoms with Crippen LogP contribution in [0.3, 0.4) is 0 Å². The third kappa shape index (κ3) is 2.78. The molecule has 0 saturated heterocycles. The Bertz CT molecular complexity index is 727. The molecule has 21 heavy (non-hydrogen) atoms. The van der Waals surface area contributed by atoms with Crippen LogP contribution >= 0.6 is 11.8 Å². The van der Waals surface area contributed by atoms with Crippen molar-refractivity contribution in [2.24, 2.45) is 0 Å². The summed E-state index contributed by atoms with van der Waals surface area (Å²) in [4.78, 5) is 12.8. The third-order valence-corrected chi connectivity index (χ3v) is 3.61. The van der Waals surface area contributed by atoms with Gasteiger partial charge in [-0.15, -0.1) is 0 Å². The second-order valence-electron chi connectivity index (χ2n) is 4.14. The molecule has 0 amide bonds. The first-order valence-corrected chi connectivity index (χ1v) is 7.29. The number of nitrogens with one attached hydrogen (secondary N) is 1. The number of hydrogen-bond donors (Lipinski definition) is 1. The standard InChI is InChI=1S/C14H14N4O2S/c1-3-15-12-11(19-2)13(17-8-16-12)21-14-18-9-6-4-5-7-10(9)20-14/h4-8H,3H2,1-2H3,(H,15,16,17). The molecule has 2 aromatic heterocycles. The van der Waals surface area contributed by atoms with E-state index in [1.807, 2.05) is 31.2 Å². The van der Waals surface area contributed by atoms with E-state index in [0.29, 0.717) is 21.8 Å². The molecule has 1 N–H and O–H groups in total. The molecule has 3 rings (SSSR count). The predicted octanol–water partition coefficient (Wildman–Crippen LogP) is 3.21. The molecule has 0 saturated carbocycles. The summed E-state index contributed by atoms with van der Waals surface area (Å²) in [6, 6.07) is 7.63. The van der Waals surface area contributed by atoms with Crippen LogP contribution in [0.1, 0.15) is 6.92 Å². The Labute approximate surface area is 126 Å². The van der Waals surface area contributed by atoms with Gasteiger partial charge in [0.2, 0.25) is 0 Å². The van der Waals surface area contributed by atoms with E-state index in [1.54, 1.807) is 7.11 Å². The zero-order valence-electron chi connectivity index (χ0n) is 11.7. The number of aromatic nitrogens is 3. The van der Waals surface area contributed by atoms with Crippen molar-refractivity contribution >= 4 is 28.7 Å². The molecule has 7 heteroatoms. The van der Waals surface area contributed by atoms with Gasteiger partial charge in [-0.25, -0.2) is 15.0 Å². The second-order valence-corrected chi connectivity index (χ2v) is 5.08. The zero-order chi connectivity index (χ0) is 14.7. The van der Waals surface area contributed by atoms with Crippen LogP contribution in [0.4, 0.5) is 5.82 Å². The normalized spacial score (nSPS) is 10.8. The Morgan fingerprint density at radius 1 is 1.29 bits per heavy atom. The maximum atomic E-state index is 5.69. The SMILES string of the molecule is CCNc1ncnc(Sc2nc3ccccc3o2)c1OC. The van der Waals surface area contributed by atoms with Gasteiger partial charge in [0, 0.05) is 6.54 Å². The van der Waals surface area contributed by atoms with Gasteiger partial charge in [-0.2, -0.15) is 0 Å². The van der Waals surface area contributed by atoms with Gasteiger partial charge in [0.05, 0.1) is 7.11 Å². The molecule has 0 unspecified atom stereocenters. The molecule has 3 aromatic rings. The van der Waals surface area contributed by atoms with Gasteiger partial charge >= 0.3 is 0 Å². The molecule has 0 atom stereocenters. The summed E-state index contributed by atoms with van der Waals surface area (Å²) in [5.41, 5.74) is 1.57. The molecule has 2 heterocycles. The molecule has 0 spiro atoms. The van der Waals surface area contributed by atoms with Gasteiger partial charge in [0.25, 0.3) is 5.22 Å². The van der Waals surface area contributed by atoms with E-state index in [4.69, 9.17) is 9.15 Å². The van der Waals surface area contributed by atoms with Crippen LogP contribution in [0.2, 0.25) is 0 Å². The van der Waals surface area contributed by atoms with Crippen LogP contribution in [-0.4, -0.2) is 28.6 Å². The number of benzene rings is 1. The summed E-state index contributed by atoms with van der Waals surface area (Å²) in [5.74, 6) is 1.25. The largest absolute Gasteiger partial charge is 0.490 e. The fourth-order valence-electron chi connectivity index (χ4n) is 1.89. The minimum atomic E-state index is 0.524. The van der Waals surface area contributed by atoms with Crippen LogP contribution in [-0.2, 0) is 0 Å². The molecule has 0 aliphatic carbocycles. The van der Waals surface area contributed by atoms with Crippen molar-refractivity contribution in [1.82, 2.24) is 15.0 Å². The molecule has 0 radical (unpaired) electrons. The van der Waals surface area contributed by atoms with Crippen molar-refractivity contribution < 1.29 is 9.15 Å². The molecule has 0 bridgehead atoms. The van der Waals surface area contributed by atoms with Gasteiger partial charge in [0.1, 0.15) is 11.8 Å². The number of para-hydroxylation sites is 2. The number of fused-ring (bicyclic) bond motifs is 1. The number of methoxy groups -OCH3 is 1. The number of anilines is 1. The first-order chi connectivity index (χ1) is 10.3. The van der Waals surface area contributed by atoms with E-state index >= 15 is 0 Å². The van der Waals surface area contributed by atoms with Crippen molar-refractivity contribution in [1.29, 1.82) is 0 Å². The number of oxazole rings is 1. The highest BCUT2D eigenvalue weighted by atomic mass is 32.2. The van der Waals surface area contributed by atoms with E-state index < -0.39 is 0 Å². The zero-order valence-corrected chi connectivity index (χ0v) is 12.5. The number of nitrogens with zero attached hydrogens (tertiary/aromatic N) is 3. The summed E-state index contributed by atoms with van der Waals surface area (Å²) in [6.07, 6.45) is 1.49. The molecule has 108 valence electrons. The first-order valence-electron chi connectivity index (χ1n) is 6.48. The highest BCUT2D eigenvalue weighted by Crippen LogP contribution is 2.37. The van der Waals surface area contributed by atoms with Gasteiger partial charge < -0.3 is 14.5 Å². The average Bonchev–Trinajstić information content (AvgIpc) is 2.90. The van der Waals surface area contributed by atoms with Crippen LogP contribution < -0.4 is 10.1 Å². The molecule has 0 aliphatic heterocycles. The molecule has 0 aliphatic rings. The molecule has 6 nitrogen and oxygen atoms in total. The van der Waals surface area contributed by atoms with Gasteiger partial charge in [-0.05, 0) is 30.8 Å². The minimum absolute atomic E-state index is 0.524. The van der Waals surface area contributed by atoms with Crippen LogP contribution in [0.25, 0.3) is 11.1 Å². The fraction of sp³-hybridized carbons (Fsp3) is 0.214. The van der Waals surface area contributed by atoms with Crippen LogP contribution in [0.15, 0.2) is 45.3 Å². The van der Waals surface area contributed by atoms with E-state index in [2.05, 4.69) is 20.3 Å². The average molecular weight is 302 g/mol. The molecular weight excluding hydrogens is 288 g/mol. The Balaban J connectivity index is 1.95. The molecular formula is C14H14N4O2S. The Kier molecular flexibility index (Phi) is 3.92. The Morgan fingerprint density at radius 3 is 2.90 bits per heavy atom. The van der Waals surface area contributed by atoms with Crippen molar-refractivity contribution in [3.8, 4) is 5.75 Å². The van der Waals surface area contributed by atoms with Gasteiger partial charge in [-0.1, -0.05) is 12.1 Å². The van der Waals surface area contributed by atoms with Gasteiger partial charge in [-0.3, -0.25) is 0 Å². The monoisotopic (exact) mass is 302 g/mol. The lowest BCUT2D eigenvalue weighted by molar-refractivity contribution is 0.399. The Morgan fingerprint density at radius 2 is 2.14 bits per heavy atom. The lowest BCUT2D eigenvalue weighted by atomic mass is 10.3. The Hall–Kier alpha value is -2.28. The number of rotatable bonds is 5. The van der Waals surface area contributed by atoms with E-state index in [9.17, 15) is 0 Å². The molecule has 0 fully saturated rings. The summed E-state index contributed by atoms with van der Waals surface area (Å²) in [5, 5.41) is 4.33.